The lowest BCUT2D eigenvalue weighted by Crippen LogP contribution is -2.32. The SMILES string of the molecule is C[C@@H](CN)NCc1ccc2ccccc2c1. The van der Waals surface area contributed by atoms with Crippen molar-refractivity contribution >= 4 is 10.8 Å². The number of fused-ring (bicyclic) bond motifs is 1. The summed E-state index contributed by atoms with van der Waals surface area (Å²) in [7, 11) is 0. The van der Waals surface area contributed by atoms with Crippen molar-refractivity contribution in [3.8, 4) is 0 Å². The monoisotopic (exact) mass is 214 g/mol. The molecule has 0 aromatic heterocycles. The van der Waals surface area contributed by atoms with Crippen molar-refractivity contribution in [2.45, 2.75) is 19.5 Å². The molecule has 2 aromatic carbocycles. The van der Waals surface area contributed by atoms with Crippen LogP contribution >= 0.6 is 0 Å². The number of hydrogen-bond donors (Lipinski definition) is 2. The van der Waals surface area contributed by atoms with Crippen molar-refractivity contribution in [3.63, 3.8) is 0 Å². The summed E-state index contributed by atoms with van der Waals surface area (Å²) in [6.07, 6.45) is 0. The van der Waals surface area contributed by atoms with Crippen LogP contribution in [0.1, 0.15) is 12.5 Å². The molecular formula is C14H18N2. The van der Waals surface area contributed by atoms with Gasteiger partial charge in [0.05, 0.1) is 0 Å². The van der Waals surface area contributed by atoms with Crippen molar-refractivity contribution in [1.29, 1.82) is 0 Å². The van der Waals surface area contributed by atoms with Gasteiger partial charge in [0, 0.05) is 19.1 Å². The molecule has 3 N–H and O–H groups in total. The van der Waals surface area contributed by atoms with Gasteiger partial charge in [-0.15, -0.1) is 0 Å². The Bertz CT molecular complexity index is 465. The molecule has 0 radical (unpaired) electrons. The number of nitrogens with one attached hydrogen (secondary N) is 1. The second-order valence-corrected chi connectivity index (χ2v) is 4.20. The first-order valence-electron chi connectivity index (χ1n) is 5.71. The first-order valence-corrected chi connectivity index (χ1v) is 5.71. The van der Waals surface area contributed by atoms with E-state index >= 15 is 0 Å². The molecule has 0 fully saturated rings. The quantitative estimate of drug-likeness (QED) is 0.819. The lowest BCUT2D eigenvalue weighted by atomic mass is 10.1. The van der Waals surface area contributed by atoms with E-state index in [0.717, 1.165) is 6.54 Å². The third-order valence-corrected chi connectivity index (χ3v) is 2.82. The number of hydrogen-bond acceptors (Lipinski definition) is 2. The molecule has 1 atom stereocenters. The summed E-state index contributed by atoms with van der Waals surface area (Å²) in [5.41, 5.74) is 6.87. The van der Waals surface area contributed by atoms with Crippen LogP contribution in [0.4, 0.5) is 0 Å². The summed E-state index contributed by atoms with van der Waals surface area (Å²) >= 11 is 0. The minimum Gasteiger partial charge on any atom is -0.329 e. The van der Waals surface area contributed by atoms with Crippen molar-refractivity contribution in [1.82, 2.24) is 5.32 Å². The van der Waals surface area contributed by atoms with Crippen LogP contribution in [0.2, 0.25) is 0 Å². The van der Waals surface area contributed by atoms with Crippen LogP contribution in [0, 0.1) is 0 Å². The molecule has 0 bridgehead atoms. The van der Waals surface area contributed by atoms with Crippen LogP contribution in [0.3, 0.4) is 0 Å². The largest absolute Gasteiger partial charge is 0.329 e. The zero-order valence-corrected chi connectivity index (χ0v) is 9.61. The van der Waals surface area contributed by atoms with E-state index in [0.29, 0.717) is 12.6 Å². The second kappa shape index (κ2) is 5.10. The number of rotatable bonds is 4. The molecule has 0 spiro atoms. The molecule has 2 nitrogen and oxygen atoms in total. The zero-order chi connectivity index (χ0) is 11.4. The average Bonchev–Trinajstić information content (AvgIpc) is 2.35. The highest BCUT2D eigenvalue weighted by molar-refractivity contribution is 5.82. The smallest absolute Gasteiger partial charge is 0.0208 e. The predicted molar refractivity (Wildman–Crippen MR) is 69.3 cm³/mol. The van der Waals surface area contributed by atoms with E-state index in [4.69, 9.17) is 5.73 Å². The average molecular weight is 214 g/mol. The van der Waals surface area contributed by atoms with Crippen molar-refractivity contribution in [3.05, 3.63) is 48.0 Å². The van der Waals surface area contributed by atoms with E-state index in [1.807, 2.05) is 0 Å². The van der Waals surface area contributed by atoms with E-state index in [2.05, 4.69) is 54.7 Å². The van der Waals surface area contributed by atoms with Crippen molar-refractivity contribution in [2.75, 3.05) is 6.54 Å². The van der Waals surface area contributed by atoms with Gasteiger partial charge in [-0.25, -0.2) is 0 Å². The van der Waals surface area contributed by atoms with Gasteiger partial charge in [-0.1, -0.05) is 36.4 Å². The van der Waals surface area contributed by atoms with Crippen LogP contribution < -0.4 is 11.1 Å². The second-order valence-electron chi connectivity index (χ2n) is 4.20. The zero-order valence-electron chi connectivity index (χ0n) is 9.61. The molecule has 2 heteroatoms. The Balaban J connectivity index is 2.13. The maximum atomic E-state index is 5.56. The molecular weight excluding hydrogens is 196 g/mol. The van der Waals surface area contributed by atoms with Crippen molar-refractivity contribution in [2.24, 2.45) is 5.73 Å². The molecule has 0 aliphatic heterocycles. The molecule has 0 aliphatic rings. The number of nitrogens with two attached hydrogens (primary N) is 1. The summed E-state index contributed by atoms with van der Waals surface area (Å²) in [4.78, 5) is 0. The maximum absolute atomic E-state index is 5.56. The fraction of sp³-hybridized carbons (Fsp3) is 0.286. The van der Waals surface area contributed by atoms with E-state index < -0.39 is 0 Å². The van der Waals surface area contributed by atoms with Crippen LogP contribution in [-0.4, -0.2) is 12.6 Å². The highest BCUT2D eigenvalue weighted by Gasteiger charge is 1.99. The first-order chi connectivity index (χ1) is 7.79. The van der Waals surface area contributed by atoms with E-state index in [-0.39, 0.29) is 0 Å². The van der Waals surface area contributed by atoms with E-state index in [9.17, 15) is 0 Å². The summed E-state index contributed by atoms with van der Waals surface area (Å²) in [6, 6.07) is 15.3. The predicted octanol–water partition coefficient (Wildman–Crippen LogP) is 2.28. The van der Waals surface area contributed by atoms with Crippen LogP contribution in [0.5, 0.6) is 0 Å². The summed E-state index contributed by atoms with van der Waals surface area (Å²) in [6.45, 7) is 3.65. The topological polar surface area (TPSA) is 38.0 Å². The van der Waals surface area contributed by atoms with Gasteiger partial charge < -0.3 is 11.1 Å². The Kier molecular flexibility index (Phi) is 3.54. The van der Waals surface area contributed by atoms with Gasteiger partial charge in [-0.3, -0.25) is 0 Å². The molecule has 84 valence electrons. The van der Waals surface area contributed by atoms with Gasteiger partial charge in [0.2, 0.25) is 0 Å². The van der Waals surface area contributed by atoms with Gasteiger partial charge in [0.15, 0.2) is 0 Å². The Morgan fingerprint density at radius 1 is 1.12 bits per heavy atom. The molecule has 0 aliphatic carbocycles. The van der Waals surface area contributed by atoms with Crippen molar-refractivity contribution < 1.29 is 0 Å². The number of benzene rings is 2. The van der Waals surface area contributed by atoms with E-state index in [1.165, 1.54) is 16.3 Å². The highest BCUT2D eigenvalue weighted by atomic mass is 14.9. The van der Waals surface area contributed by atoms with Gasteiger partial charge in [0.1, 0.15) is 0 Å². The lowest BCUT2D eigenvalue weighted by Gasteiger charge is -2.11. The Labute approximate surface area is 96.5 Å². The van der Waals surface area contributed by atoms with Gasteiger partial charge in [-0.05, 0) is 29.3 Å². The summed E-state index contributed by atoms with van der Waals surface area (Å²) in [5, 5.41) is 5.97. The summed E-state index contributed by atoms with van der Waals surface area (Å²) in [5.74, 6) is 0. The molecule has 0 unspecified atom stereocenters. The molecule has 0 saturated carbocycles. The minimum absolute atomic E-state index is 0.367. The summed E-state index contributed by atoms with van der Waals surface area (Å²) < 4.78 is 0. The third-order valence-electron chi connectivity index (χ3n) is 2.82. The molecule has 0 saturated heterocycles. The molecule has 0 heterocycles. The highest BCUT2D eigenvalue weighted by Crippen LogP contribution is 2.15. The molecule has 16 heavy (non-hydrogen) atoms. The third kappa shape index (κ3) is 2.60. The Hall–Kier alpha value is -1.38. The lowest BCUT2D eigenvalue weighted by molar-refractivity contribution is 0.556. The van der Waals surface area contributed by atoms with Crippen LogP contribution in [0.15, 0.2) is 42.5 Å². The fourth-order valence-electron chi connectivity index (χ4n) is 1.72. The standard InChI is InChI=1S/C14H18N2/c1-11(9-15)16-10-12-6-7-13-4-2-3-5-14(13)8-12/h2-8,11,16H,9-10,15H2,1H3/t11-/m0/s1. The van der Waals surface area contributed by atoms with Crippen LogP contribution in [-0.2, 0) is 6.54 Å². The van der Waals surface area contributed by atoms with Gasteiger partial charge >= 0.3 is 0 Å². The van der Waals surface area contributed by atoms with Gasteiger partial charge in [0.25, 0.3) is 0 Å². The van der Waals surface area contributed by atoms with Crippen LogP contribution in [0.25, 0.3) is 10.8 Å². The van der Waals surface area contributed by atoms with E-state index in [1.54, 1.807) is 0 Å². The Morgan fingerprint density at radius 2 is 1.88 bits per heavy atom. The molecule has 2 rings (SSSR count). The molecule has 0 amide bonds. The minimum atomic E-state index is 0.367. The normalized spacial score (nSPS) is 12.9. The maximum Gasteiger partial charge on any atom is 0.0208 e. The fourth-order valence-corrected chi connectivity index (χ4v) is 1.72. The Morgan fingerprint density at radius 3 is 2.62 bits per heavy atom. The first kappa shape index (κ1) is 11.1. The molecule has 2 aromatic rings. The van der Waals surface area contributed by atoms with Gasteiger partial charge in [-0.2, -0.15) is 0 Å².